The largest absolute Gasteiger partial charge is 0.313 e. The summed E-state index contributed by atoms with van der Waals surface area (Å²) in [6.45, 7) is 3.61. The number of hydrogen-bond acceptors (Lipinski definition) is 4. The van der Waals surface area contributed by atoms with Crippen molar-refractivity contribution in [2.45, 2.75) is 18.4 Å². The molecule has 0 aliphatic heterocycles. The van der Waals surface area contributed by atoms with Crippen molar-refractivity contribution in [3.8, 4) is 0 Å². The van der Waals surface area contributed by atoms with Crippen LogP contribution in [0.2, 0.25) is 0 Å². The lowest BCUT2D eigenvalue weighted by Gasteiger charge is -2.08. The number of hydrogen-bond donors (Lipinski definition) is 2. The second-order valence-corrected chi connectivity index (χ2v) is 6.99. The van der Waals surface area contributed by atoms with Gasteiger partial charge in [-0.25, -0.2) is 13.4 Å². The molecule has 2 aromatic rings. The predicted molar refractivity (Wildman–Crippen MR) is 86.6 cm³/mol. The van der Waals surface area contributed by atoms with E-state index in [1.807, 2.05) is 6.92 Å². The van der Waals surface area contributed by atoms with Gasteiger partial charge in [0.25, 0.3) is 10.0 Å². The summed E-state index contributed by atoms with van der Waals surface area (Å²) in [4.78, 5) is 4.22. The van der Waals surface area contributed by atoms with Crippen molar-refractivity contribution in [2.75, 3.05) is 11.3 Å². The zero-order valence-corrected chi connectivity index (χ0v) is 13.9. The summed E-state index contributed by atoms with van der Waals surface area (Å²) in [5.74, 6) is 0.287. The van der Waals surface area contributed by atoms with E-state index in [1.165, 1.54) is 6.20 Å². The molecule has 2 rings (SSSR count). The van der Waals surface area contributed by atoms with Gasteiger partial charge in [-0.2, -0.15) is 0 Å². The molecule has 0 aliphatic carbocycles. The molecule has 0 bridgehead atoms. The second kappa shape index (κ2) is 7.02. The SMILES string of the molecule is CCNCc1ccc(S(=O)(=O)Nc2ccc(Br)cn2)cc1. The molecule has 7 heteroatoms. The molecule has 0 amide bonds. The number of benzene rings is 1. The molecule has 0 aliphatic rings. The minimum atomic E-state index is -3.61. The van der Waals surface area contributed by atoms with E-state index in [4.69, 9.17) is 0 Å². The Morgan fingerprint density at radius 3 is 2.43 bits per heavy atom. The average Bonchev–Trinajstić information content (AvgIpc) is 2.48. The van der Waals surface area contributed by atoms with Gasteiger partial charge < -0.3 is 5.32 Å². The molecule has 0 fully saturated rings. The first-order valence-corrected chi connectivity index (χ1v) is 8.73. The highest BCUT2D eigenvalue weighted by Crippen LogP contribution is 2.16. The van der Waals surface area contributed by atoms with Gasteiger partial charge in [0.15, 0.2) is 0 Å². The molecule has 21 heavy (non-hydrogen) atoms. The van der Waals surface area contributed by atoms with E-state index >= 15 is 0 Å². The fourth-order valence-electron chi connectivity index (χ4n) is 1.69. The molecule has 0 atom stereocenters. The molecule has 0 spiro atoms. The number of nitrogens with one attached hydrogen (secondary N) is 2. The minimum Gasteiger partial charge on any atom is -0.313 e. The van der Waals surface area contributed by atoms with Crippen LogP contribution in [-0.2, 0) is 16.6 Å². The van der Waals surface area contributed by atoms with Crippen molar-refractivity contribution >= 4 is 31.8 Å². The van der Waals surface area contributed by atoms with Crippen LogP contribution in [0.25, 0.3) is 0 Å². The highest BCUT2D eigenvalue weighted by Gasteiger charge is 2.14. The van der Waals surface area contributed by atoms with Crippen LogP contribution in [0.1, 0.15) is 12.5 Å². The number of nitrogens with zero attached hydrogens (tertiary/aromatic N) is 1. The van der Waals surface area contributed by atoms with Crippen LogP contribution in [0.15, 0.2) is 52.0 Å². The normalized spacial score (nSPS) is 11.3. The summed E-state index contributed by atoms with van der Waals surface area (Å²) in [6.07, 6.45) is 1.54. The lowest BCUT2D eigenvalue weighted by molar-refractivity contribution is 0.601. The van der Waals surface area contributed by atoms with Crippen LogP contribution >= 0.6 is 15.9 Å². The Morgan fingerprint density at radius 1 is 1.14 bits per heavy atom. The lowest BCUT2D eigenvalue weighted by Crippen LogP contribution is -2.14. The Bertz CT molecular complexity index is 685. The van der Waals surface area contributed by atoms with Crippen molar-refractivity contribution < 1.29 is 8.42 Å². The summed E-state index contributed by atoms with van der Waals surface area (Å²) < 4.78 is 27.7. The summed E-state index contributed by atoms with van der Waals surface area (Å²) in [5.41, 5.74) is 1.04. The third-order valence-electron chi connectivity index (χ3n) is 2.78. The first-order chi connectivity index (χ1) is 10.0. The van der Waals surface area contributed by atoms with E-state index < -0.39 is 10.0 Å². The van der Waals surface area contributed by atoms with E-state index in [-0.39, 0.29) is 10.7 Å². The third kappa shape index (κ3) is 4.52. The van der Waals surface area contributed by atoms with Gasteiger partial charge in [-0.05, 0) is 52.3 Å². The Morgan fingerprint density at radius 2 is 1.86 bits per heavy atom. The van der Waals surface area contributed by atoms with Crippen molar-refractivity contribution in [3.63, 3.8) is 0 Å². The quantitative estimate of drug-likeness (QED) is 0.820. The van der Waals surface area contributed by atoms with Crippen LogP contribution in [0.5, 0.6) is 0 Å². The Hall–Kier alpha value is -1.44. The molecule has 5 nitrogen and oxygen atoms in total. The molecule has 1 aromatic heterocycles. The highest BCUT2D eigenvalue weighted by atomic mass is 79.9. The van der Waals surface area contributed by atoms with Gasteiger partial charge in [0.2, 0.25) is 0 Å². The van der Waals surface area contributed by atoms with E-state index in [1.54, 1.807) is 36.4 Å². The topological polar surface area (TPSA) is 71.1 Å². The van der Waals surface area contributed by atoms with Gasteiger partial charge in [0.1, 0.15) is 5.82 Å². The maximum atomic E-state index is 12.2. The monoisotopic (exact) mass is 369 g/mol. The molecule has 112 valence electrons. The number of rotatable bonds is 6. The molecular weight excluding hydrogens is 354 g/mol. The summed E-state index contributed by atoms with van der Waals surface area (Å²) >= 11 is 3.25. The predicted octanol–water partition coefficient (Wildman–Crippen LogP) is 2.75. The van der Waals surface area contributed by atoms with Crippen LogP contribution in [0, 0.1) is 0 Å². The fraction of sp³-hybridized carbons (Fsp3) is 0.214. The standard InChI is InChI=1S/C14H16BrN3O2S/c1-2-16-9-11-3-6-13(7-4-11)21(19,20)18-14-8-5-12(15)10-17-14/h3-8,10,16H,2,9H2,1H3,(H,17,18). The van der Waals surface area contributed by atoms with E-state index in [9.17, 15) is 8.42 Å². The summed E-state index contributed by atoms with van der Waals surface area (Å²) in [7, 11) is -3.61. The molecule has 0 saturated carbocycles. The van der Waals surface area contributed by atoms with Crippen molar-refractivity contribution in [1.82, 2.24) is 10.3 Å². The van der Waals surface area contributed by atoms with Gasteiger partial charge in [-0.1, -0.05) is 19.1 Å². The third-order valence-corrected chi connectivity index (χ3v) is 4.62. The Labute approximate surface area is 133 Å². The van der Waals surface area contributed by atoms with Crippen LogP contribution in [0.4, 0.5) is 5.82 Å². The Kier molecular flexibility index (Phi) is 5.33. The van der Waals surface area contributed by atoms with Gasteiger partial charge in [0.05, 0.1) is 4.90 Å². The number of sulfonamides is 1. The Balaban J connectivity index is 2.13. The van der Waals surface area contributed by atoms with E-state index in [0.29, 0.717) is 0 Å². The van der Waals surface area contributed by atoms with Crippen LogP contribution in [-0.4, -0.2) is 19.9 Å². The highest BCUT2D eigenvalue weighted by molar-refractivity contribution is 9.10. The van der Waals surface area contributed by atoms with Crippen molar-refractivity contribution in [3.05, 3.63) is 52.6 Å². The van der Waals surface area contributed by atoms with E-state index in [2.05, 4.69) is 31.0 Å². The van der Waals surface area contributed by atoms with Crippen LogP contribution < -0.4 is 10.0 Å². The molecule has 0 saturated heterocycles. The van der Waals surface area contributed by atoms with Crippen molar-refractivity contribution in [2.24, 2.45) is 0 Å². The first-order valence-electron chi connectivity index (χ1n) is 6.45. The number of pyridine rings is 1. The number of anilines is 1. The first kappa shape index (κ1) is 15.9. The van der Waals surface area contributed by atoms with Crippen LogP contribution in [0.3, 0.4) is 0 Å². The molecule has 1 heterocycles. The fourth-order valence-corrected chi connectivity index (χ4v) is 2.93. The number of halogens is 1. The van der Waals surface area contributed by atoms with Gasteiger partial charge >= 0.3 is 0 Å². The lowest BCUT2D eigenvalue weighted by atomic mass is 10.2. The summed E-state index contributed by atoms with van der Waals surface area (Å²) in [5, 5.41) is 3.19. The van der Waals surface area contributed by atoms with Gasteiger partial charge in [-0.3, -0.25) is 4.72 Å². The minimum absolute atomic E-state index is 0.215. The molecule has 1 aromatic carbocycles. The molecule has 0 unspecified atom stereocenters. The van der Waals surface area contributed by atoms with Gasteiger partial charge in [-0.15, -0.1) is 0 Å². The molecule has 0 radical (unpaired) electrons. The van der Waals surface area contributed by atoms with Crippen molar-refractivity contribution in [1.29, 1.82) is 0 Å². The number of aromatic nitrogens is 1. The molecule has 2 N–H and O–H groups in total. The summed E-state index contributed by atoms with van der Waals surface area (Å²) in [6, 6.07) is 10.1. The maximum absolute atomic E-state index is 12.2. The zero-order valence-electron chi connectivity index (χ0n) is 11.5. The smallest absolute Gasteiger partial charge is 0.263 e. The zero-order chi connectivity index (χ0) is 15.3. The second-order valence-electron chi connectivity index (χ2n) is 4.39. The molecular formula is C14H16BrN3O2S. The van der Waals surface area contributed by atoms with E-state index in [0.717, 1.165) is 23.1 Å². The van der Waals surface area contributed by atoms with Gasteiger partial charge in [0, 0.05) is 17.2 Å². The maximum Gasteiger partial charge on any atom is 0.263 e. The average molecular weight is 370 g/mol.